The Hall–Kier alpha value is -2.30. The van der Waals surface area contributed by atoms with E-state index in [0.29, 0.717) is 0 Å². The van der Waals surface area contributed by atoms with Crippen LogP contribution in [0.3, 0.4) is 0 Å². The highest BCUT2D eigenvalue weighted by Gasteiger charge is 2.14. The average Bonchev–Trinajstić information content (AvgIpc) is 2.98. The van der Waals surface area contributed by atoms with Crippen LogP contribution in [0.2, 0.25) is 0 Å². The summed E-state index contributed by atoms with van der Waals surface area (Å²) in [5, 5.41) is 10.1. The molecule has 0 aliphatic heterocycles. The Balaban J connectivity index is 1.96. The van der Waals surface area contributed by atoms with Crippen LogP contribution < -0.4 is 5.32 Å². The van der Waals surface area contributed by atoms with Gasteiger partial charge in [-0.15, -0.1) is 0 Å². The summed E-state index contributed by atoms with van der Waals surface area (Å²) in [6.07, 6.45) is 3.60. The molecule has 0 fully saturated rings. The third kappa shape index (κ3) is 1.73. The number of nitrogens with zero attached hydrogens (tertiary/aromatic N) is 3. The molecule has 1 aromatic carbocycles. The first-order valence-electron chi connectivity index (χ1n) is 5.92. The molecule has 0 aliphatic rings. The second kappa shape index (κ2) is 4.18. The van der Waals surface area contributed by atoms with Crippen molar-refractivity contribution in [2.45, 2.75) is 13.0 Å². The largest absolute Gasteiger partial charge is 0.373 e. The van der Waals surface area contributed by atoms with E-state index in [0.717, 1.165) is 22.5 Å². The average molecular weight is 241 g/mol. The monoisotopic (exact) mass is 241 g/mol. The van der Waals surface area contributed by atoms with E-state index in [1.807, 2.05) is 31.4 Å². The van der Waals surface area contributed by atoms with Gasteiger partial charge in [0.05, 0.1) is 29.0 Å². The predicted molar refractivity (Wildman–Crippen MR) is 71.3 cm³/mol. The molecular weight excluding hydrogens is 226 g/mol. The Morgan fingerprint density at radius 2 is 2.17 bits per heavy atom. The molecule has 1 unspecified atom stereocenters. The molecule has 2 heterocycles. The topological polar surface area (TPSA) is 58.5 Å². The van der Waals surface area contributed by atoms with Crippen LogP contribution in [0.15, 0.2) is 36.7 Å². The number of aryl methyl sites for hydroxylation is 1. The van der Waals surface area contributed by atoms with Gasteiger partial charge in [-0.05, 0) is 19.1 Å². The highest BCUT2D eigenvalue weighted by molar-refractivity contribution is 5.76. The van der Waals surface area contributed by atoms with Crippen LogP contribution in [0.25, 0.3) is 11.0 Å². The molecule has 2 aromatic heterocycles. The molecule has 18 heavy (non-hydrogen) atoms. The zero-order valence-corrected chi connectivity index (χ0v) is 10.4. The number of nitrogens with one attached hydrogen (secondary N) is 2. The van der Waals surface area contributed by atoms with E-state index in [-0.39, 0.29) is 6.04 Å². The summed E-state index contributed by atoms with van der Waals surface area (Å²) >= 11 is 0. The van der Waals surface area contributed by atoms with E-state index in [2.05, 4.69) is 38.1 Å². The lowest BCUT2D eigenvalue weighted by atomic mass is 10.3. The number of hydrogen-bond donors (Lipinski definition) is 2. The summed E-state index contributed by atoms with van der Waals surface area (Å²) in [4.78, 5) is 4.66. The van der Waals surface area contributed by atoms with Gasteiger partial charge < -0.3 is 9.88 Å². The number of aromatic nitrogens is 4. The summed E-state index contributed by atoms with van der Waals surface area (Å²) < 4.78 is 2.12. The Morgan fingerprint density at radius 3 is 2.89 bits per heavy atom. The van der Waals surface area contributed by atoms with E-state index < -0.39 is 0 Å². The molecule has 0 spiro atoms. The molecule has 3 rings (SSSR count). The Morgan fingerprint density at radius 1 is 1.33 bits per heavy atom. The van der Waals surface area contributed by atoms with Crippen LogP contribution in [-0.2, 0) is 7.05 Å². The fourth-order valence-corrected chi connectivity index (χ4v) is 2.20. The normalized spacial score (nSPS) is 12.8. The van der Waals surface area contributed by atoms with Gasteiger partial charge >= 0.3 is 0 Å². The van der Waals surface area contributed by atoms with Gasteiger partial charge in [-0.25, -0.2) is 4.98 Å². The second-order valence-electron chi connectivity index (χ2n) is 4.37. The molecule has 0 aliphatic carbocycles. The van der Waals surface area contributed by atoms with Crippen LogP contribution >= 0.6 is 0 Å². The molecule has 0 amide bonds. The number of hydrogen-bond acceptors (Lipinski definition) is 3. The van der Waals surface area contributed by atoms with E-state index in [1.165, 1.54) is 0 Å². The van der Waals surface area contributed by atoms with Gasteiger partial charge in [-0.1, -0.05) is 12.1 Å². The van der Waals surface area contributed by atoms with Crippen molar-refractivity contribution in [1.29, 1.82) is 0 Å². The van der Waals surface area contributed by atoms with Gasteiger partial charge in [0.2, 0.25) is 0 Å². The minimum absolute atomic E-state index is 0.125. The third-order valence-corrected chi connectivity index (χ3v) is 3.09. The predicted octanol–water partition coefficient (Wildman–Crippen LogP) is 2.47. The Kier molecular flexibility index (Phi) is 2.51. The molecular formula is C13H15N5. The van der Waals surface area contributed by atoms with Crippen molar-refractivity contribution in [3.63, 3.8) is 0 Å². The van der Waals surface area contributed by atoms with Crippen molar-refractivity contribution >= 4 is 16.7 Å². The van der Waals surface area contributed by atoms with Crippen molar-refractivity contribution in [2.75, 3.05) is 5.32 Å². The number of para-hydroxylation sites is 2. The number of rotatable bonds is 3. The van der Waals surface area contributed by atoms with E-state index in [4.69, 9.17) is 0 Å². The van der Waals surface area contributed by atoms with Gasteiger partial charge in [0, 0.05) is 13.2 Å². The Labute approximate surface area is 105 Å². The maximum absolute atomic E-state index is 4.66. The summed E-state index contributed by atoms with van der Waals surface area (Å²) in [5.41, 5.74) is 3.14. The number of anilines is 1. The molecule has 0 radical (unpaired) electrons. The first-order valence-corrected chi connectivity index (χ1v) is 5.92. The van der Waals surface area contributed by atoms with Gasteiger partial charge in [0.25, 0.3) is 0 Å². The number of benzene rings is 1. The lowest BCUT2D eigenvalue weighted by Crippen LogP contribution is -2.11. The van der Waals surface area contributed by atoms with Gasteiger partial charge in [-0.3, -0.25) is 5.10 Å². The minimum Gasteiger partial charge on any atom is -0.373 e. The molecule has 0 saturated carbocycles. The summed E-state index contributed by atoms with van der Waals surface area (Å²) in [6.45, 7) is 2.09. The van der Waals surface area contributed by atoms with Crippen molar-refractivity contribution in [2.24, 2.45) is 7.05 Å². The highest BCUT2D eigenvalue weighted by atomic mass is 15.1. The van der Waals surface area contributed by atoms with Crippen molar-refractivity contribution in [3.8, 4) is 0 Å². The first kappa shape index (κ1) is 10.8. The maximum atomic E-state index is 4.66. The standard InChI is InChI=1S/C13H15N5/c1-9(16-10-7-14-15-8-10)13-17-11-5-3-4-6-12(11)18(13)2/h3-9,16H,1-2H3,(H,14,15). The van der Waals surface area contributed by atoms with Crippen molar-refractivity contribution in [1.82, 2.24) is 19.7 Å². The van der Waals surface area contributed by atoms with Crippen molar-refractivity contribution < 1.29 is 0 Å². The van der Waals surface area contributed by atoms with Crippen LogP contribution in [0.4, 0.5) is 5.69 Å². The summed E-state index contributed by atoms with van der Waals surface area (Å²) in [7, 11) is 2.04. The smallest absolute Gasteiger partial charge is 0.131 e. The molecule has 1 atom stereocenters. The number of aromatic amines is 1. The quantitative estimate of drug-likeness (QED) is 0.740. The van der Waals surface area contributed by atoms with Crippen LogP contribution in [0.1, 0.15) is 18.8 Å². The van der Waals surface area contributed by atoms with Gasteiger partial charge in [0.15, 0.2) is 0 Å². The Bertz CT molecular complexity index is 653. The molecule has 0 bridgehead atoms. The number of H-pyrrole nitrogens is 1. The SMILES string of the molecule is CC(Nc1cn[nH]c1)c1nc2ccccc2n1C. The molecule has 2 N–H and O–H groups in total. The number of fused-ring (bicyclic) bond motifs is 1. The molecule has 92 valence electrons. The van der Waals surface area contributed by atoms with Crippen molar-refractivity contribution in [3.05, 3.63) is 42.5 Å². The molecule has 5 heteroatoms. The molecule has 3 aromatic rings. The van der Waals surface area contributed by atoms with Gasteiger partial charge in [-0.2, -0.15) is 5.10 Å². The van der Waals surface area contributed by atoms with Crippen LogP contribution in [0.5, 0.6) is 0 Å². The summed E-state index contributed by atoms with van der Waals surface area (Å²) in [6, 6.07) is 8.27. The summed E-state index contributed by atoms with van der Waals surface area (Å²) in [5.74, 6) is 1.01. The lowest BCUT2D eigenvalue weighted by molar-refractivity contribution is 0.734. The zero-order chi connectivity index (χ0) is 12.5. The maximum Gasteiger partial charge on any atom is 0.131 e. The second-order valence-corrected chi connectivity index (χ2v) is 4.37. The number of imidazole rings is 1. The third-order valence-electron chi connectivity index (χ3n) is 3.09. The fourth-order valence-electron chi connectivity index (χ4n) is 2.20. The fraction of sp³-hybridized carbons (Fsp3) is 0.231. The van der Waals surface area contributed by atoms with Crippen LogP contribution in [-0.4, -0.2) is 19.7 Å². The van der Waals surface area contributed by atoms with E-state index in [9.17, 15) is 0 Å². The molecule has 5 nitrogen and oxygen atoms in total. The van der Waals surface area contributed by atoms with Gasteiger partial charge in [0.1, 0.15) is 5.82 Å². The van der Waals surface area contributed by atoms with E-state index >= 15 is 0 Å². The van der Waals surface area contributed by atoms with E-state index in [1.54, 1.807) is 6.20 Å². The zero-order valence-electron chi connectivity index (χ0n) is 10.4. The minimum atomic E-state index is 0.125. The highest BCUT2D eigenvalue weighted by Crippen LogP contribution is 2.21. The lowest BCUT2D eigenvalue weighted by Gasteiger charge is -2.13. The first-order chi connectivity index (χ1) is 8.75. The molecule has 0 saturated heterocycles. The van der Waals surface area contributed by atoms with Crippen LogP contribution in [0, 0.1) is 0 Å².